The van der Waals surface area contributed by atoms with E-state index in [0.717, 1.165) is 0 Å². The topological polar surface area (TPSA) is 136 Å². The Balaban J connectivity index is 4.00. The first kappa shape index (κ1) is 15.7. The maximum atomic E-state index is 10.0. The van der Waals surface area contributed by atoms with E-state index in [1.165, 1.54) is 0 Å². The van der Waals surface area contributed by atoms with Gasteiger partial charge in [-0.05, 0) is 0 Å². The molecule has 0 fully saturated rings. The van der Waals surface area contributed by atoms with E-state index in [0.29, 0.717) is 0 Å². The Morgan fingerprint density at radius 3 is 2.06 bits per heavy atom. The second kappa shape index (κ2) is 7.90. The van der Waals surface area contributed by atoms with Crippen LogP contribution in [0, 0.1) is 0 Å². The molecule has 0 aromatic carbocycles. The number of β-amino-alcohol motifs (C(OH)–C–C–N with tert-alkyl or cyclic N) is 1. The molecular formula is C7H17NO7S. The largest absolute Gasteiger partial charge is 0.394 e. The molecule has 0 bridgehead atoms. The lowest BCUT2D eigenvalue weighted by molar-refractivity contribution is 0.0267. The Labute approximate surface area is 94.6 Å². The highest BCUT2D eigenvalue weighted by molar-refractivity contribution is 7.67. The van der Waals surface area contributed by atoms with Crippen LogP contribution < -0.4 is 5.32 Å². The van der Waals surface area contributed by atoms with Gasteiger partial charge in [0.15, 0.2) is 0 Å². The van der Waals surface area contributed by atoms with E-state index >= 15 is 0 Å². The van der Waals surface area contributed by atoms with Gasteiger partial charge in [0.2, 0.25) is 0 Å². The molecule has 16 heavy (non-hydrogen) atoms. The van der Waals surface area contributed by atoms with Crippen LogP contribution in [-0.2, 0) is 15.2 Å². The zero-order valence-corrected chi connectivity index (χ0v) is 9.47. The number of aliphatic hydroxyl groups is 4. The monoisotopic (exact) mass is 259 g/mol. The van der Waals surface area contributed by atoms with Gasteiger partial charge in [0, 0.05) is 6.54 Å². The predicted molar refractivity (Wildman–Crippen MR) is 54.3 cm³/mol. The van der Waals surface area contributed by atoms with Gasteiger partial charge in [-0.2, -0.15) is 0 Å². The number of thiol groups is 1. The van der Waals surface area contributed by atoms with E-state index in [2.05, 4.69) is 9.50 Å². The first-order chi connectivity index (χ1) is 7.49. The molecule has 9 heteroatoms. The third-order valence-electron chi connectivity index (χ3n) is 1.99. The van der Waals surface area contributed by atoms with Crippen molar-refractivity contribution in [1.82, 2.24) is 5.32 Å². The summed E-state index contributed by atoms with van der Waals surface area (Å²) in [6.45, 7) is -2.13. The van der Waals surface area contributed by atoms with Crippen LogP contribution in [0.2, 0.25) is 0 Å². The number of nitrogens with one attached hydrogen (secondary N) is 1. The summed E-state index contributed by atoms with van der Waals surface area (Å²) in [4.78, 5) is 0. The molecule has 0 amide bonds. The number of rotatable bonds is 9. The fraction of sp³-hybridized carbons (Fsp3) is 1.00. The van der Waals surface area contributed by atoms with Crippen molar-refractivity contribution in [2.45, 2.75) is 11.6 Å². The van der Waals surface area contributed by atoms with Gasteiger partial charge in [-0.3, -0.25) is 4.18 Å². The van der Waals surface area contributed by atoms with Crippen LogP contribution in [0.5, 0.6) is 0 Å². The summed E-state index contributed by atoms with van der Waals surface area (Å²) in [5, 5.41) is 38.5. The molecule has 8 nitrogen and oxygen atoms in total. The van der Waals surface area contributed by atoms with Crippen molar-refractivity contribution in [2.24, 2.45) is 0 Å². The van der Waals surface area contributed by atoms with Crippen LogP contribution in [-0.4, -0.2) is 73.5 Å². The molecule has 0 aliphatic heterocycles. The smallest absolute Gasteiger partial charge is 0.257 e. The highest BCUT2D eigenvalue weighted by atomic mass is 32.2. The molecule has 0 aliphatic rings. The van der Waals surface area contributed by atoms with Gasteiger partial charge in [-0.1, -0.05) is 0 Å². The van der Waals surface area contributed by atoms with Gasteiger partial charge in [-0.25, -0.2) is 8.42 Å². The van der Waals surface area contributed by atoms with Crippen molar-refractivity contribution in [2.75, 3.05) is 33.0 Å². The fourth-order valence-electron chi connectivity index (χ4n) is 0.858. The molecule has 0 aromatic rings. The summed E-state index contributed by atoms with van der Waals surface area (Å²) in [5.41, 5.74) is -1.30. The van der Waals surface area contributed by atoms with Gasteiger partial charge in [0.25, 0.3) is 11.0 Å². The van der Waals surface area contributed by atoms with Crippen molar-refractivity contribution >= 4 is 11.0 Å². The van der Waals surface area contributed by atoms with Gasteiger partial charge in [0.1, 0.15) is 0 Å². The Hall–Kier alpha value is -0.290. The number of aliphatic hydroxyl groups excluding tert-OH is 4. The second-order valence-corrected chi connectivity index (χ2v) is 4.01. The van der Waals surface area contributed by atoms with Crippen molar-refractivity contribution in [3.8, 4) is 0 Å². The zero-order valence-electron chi connectivity index (χ0n) is 8.57. The Morgan fingerprint density at radius 2 is 1.69 bits per heavy atom. The lowest BCUT2D eigenvalue weighted by Crippen LogP contribution is -2.56. The van der Waals surface area contributed by atoms with Crippen molar-refractivity contribution < 1.29 is 33.0 Å². The molecule has 0 spiro atoms. The second-order valence-electron chi connectivity index (χ2n) is 3.31. The van der Waals surface area contributed by atoms with Crippen LogP contribution in [0.1, 0.15) is 0 Å². The average molecular weight is 259 g/mol. The third kappa shape index (κ3) is 5.70. The van der Waals surface area contributed by atoms with Gasteiger partial charge in [-0.15, -0.1) is 0 Å². The quantitative estimate of drug-likeness (QED) is 0.232. The van der Waals surface area contributed by atoms with Crippen LogP contribution in [0.25, 0.3) is 0 Å². The maximum Gasteiger partial charge on any atom is 0.257 e. The molecule has 0 aliphatic carbocycles. The first-order valence-corrected chi connectivity index (χ1v) is 5.62. The maximum absolute atomic E-state index is 10.0. The van der Waals surface area contributed by atoms with Gasteiger partial charge < -0.3 is 25.7 Å². The Morgan fingerprint density at radius 1 is 1.19 bits per heavy atom. The molecule has 0 saturated carbocycles. The summed E-state index contributed by atoms with van der Waals surface area (Å²) < 4.78 is 24.2. The minimum absolute atomic E-state index is 0.134. The zero-order chi connectivity index (χ0) is 12.6. The molecule has 0 heterocycles. The van der Waals surface area contributed by atoms with Crippen LogP contribution in [0.15, 0.2) is 0 Å². The first-order valence-electron chi connectivity index (χ1n) is 4.52. The molecule has 0 saturated heterocycles. The van der Waals surface area contributed by atoms with E-state index in [9.17, 15) is 13.5 Å². The van der Waals surface area contributed by atoms with E-state index in [1.54, 1.807) is 0 Å². The molecular weight excluding hydrogens is 242 g/mol. The molecule has 0 aromatic heterocycles. The van der Waals surface area contributed by atoms with Crippen LogP contribution in [0.3, 0.4) is 0 Å². The Bertz CT molecular complexity index is 237. The number of hydrogen-bond donors (Lipinski definition) is 6. The normalized spacial score (nSPS) is 14.3. The SMILES string of the molecule is O=[SH](=O)OCC(O)CNC(CO)(CO)CO. The van der Waals surface area contributed by atoms with Crippen molar-refractivity contribution in [1.29, 1.82) is 0 Å². The molecule has 5 N–H and O–H groups in total. The standard InChI is InChI=1S/C7H17NO7S/c9-3-7(4-10,5-11)8-1-6(12)2-15-16(13)14/h6,8-12,16H,1-5H2. The average Bonchev–Trinajstić information content (AvgIpc) is 2.29. The summed E-state index contributed by atoms with van der Waals surface area (Å²) in [5.74, 6) is 0. The Kier molecular flexibility index (Phi) is 7.76. The van der Waals surface area contributed by atoms with Crippen molar-refractivity contribution in [3.05, 3.63) is 0 Å². The highest BCUT2D eigenvalue weighted by Crippen LogP contribution is 2.01. The van der Waals surface area contributed by atoms with E-state index in [-0.39, 0.29) is 6.54 Å². The molecule has 1 atom stereocenters. The van der Waals surface area contributed by atoms with Crippen LogP contribution in [0.4, 0.5) is 0 Å². The van der Waals surface area contributed by atoms with Gasteiger partial charge in [0.05, 0.1) is 38.1 Å². The summed E-state index contributed by atoms with van der Waals surface area (Å²) >= 11 is 0. The highest BCUT2D eigenvalue weighted by Gasteiger charge is 2.27. The lowest BCUT2D eigenvalue weighted by Gasteiger charge is -2.29. The third-order valence-corrected chi connectivity index (χ3v) is 2.35. The van der Waals surface area contributed by atoms with Crippen LogP contribution >= 0.6 is 0 Å². The summed E-state index contributed by atoms with van der Waals surface area (Å²) in [7, 11) is -3.02. The lowest BCUT2D eigenvalue weighted by atomic mass is 10.0. The van der Waals surface area contributed by atoms with E-state index in [1.807, 2.05) is 0 Å². The van der Waals surface area contributed by atoms with E-state index in [4.69, 9.17) is 15.3 Å². The number of hydrogen-bond acceptors (Lipinski definition) is 8. The van der Waals surface area contributed by atoms with Crippen molar-refractivity contribution in [3.63, 3.8) is 0 Å². The molecule has 0 radical (unpaired) electrons. The summed E-state index contributed by atoms with van der Waals surface area (Å²) in [6, 6.07) is 0. The molecule has 0 rings (SSSR count). The minimum atomic E-state index is -3.02. The molecule has 1 unspecified atom stereocenters. The van der Waals surface area contributed by atoms with E-state index < -0.39 is 49.1 Å². The predicted octanol–water partition coefficient (Wildman–Crippen LogP) is -3.80. The molecule has 98 valence electrons. The van der Waals surface area contributed by atoms with Gasteiger partial charge >= 0.3 is 0 Å². The minimum Gasteiger partial charge on any atom is -0.394 e. The summed E-state index contributed by atoms with van der Waals surface area (Å²) in [6.07, 6.45) is -1.13. The fourth-order valence-corrected chi connectivity index (χ4v) is 1.15.